The highest BCUT2D eigenvalue weighted by atomic mass is 19.1. The van der Waals surface area contributed by atoms with Gasteiger partial charge in [0.1, 0.15) is 11.4 Å². The molecule has 0 aromatic heterocycles. The molecule has 194 valence electrons. The lowest BCUT2D eigenvalue weighted by molar-refractivity contribution is -0.395. The summed E-state index contributed by atoms with van der Waals surface area (Å²) in [7, 11) is 4.52. The monoisotopic (exact) mass is 508 g/mol. The van der Waals surface area contributed by atoms with Crippen LogP contribution < -0.4 is 15.0 Å². The Kier molecular flexibility index (Phi) is 10.1. The number of carbonyl (C=O) groups is 1. The molecule has 0 saturated carbocycles. The number of rotatable bonds is 13. The molecule has 1 amide bonds. The standard InChI is InChI=1S/C21H25FN6O8/c1-13(29)23-15-10-20(26(5-7-34-2)6-8-35-3)21(36-4)11-16(15)24-25-17-9-14(22)18(27(30)31)12-19(17)28(32)33/h9-12H,5-8H2,1-4H3,(H,23,29). The van der Waals surface area contributed by atoms with E-state index in [0.717, 1.165) is 0 Å². The van der Waals surface area contributed by atoms with Gasteiger partial charge in [-0.25, -0.2) is 0 Å². The molecule has 0 fully saturated rings. The average molecular weight is 508 g/mol. The number of nitro benzene ring substituents is 2. The largest absolute Gasteiger partial charge is 0.494 e. The molecule has 1 N–H and O–H groups in total. The van der Waals surface area contributed by atoms with Gasteiger partial charge in [0.15, 0.2) is 5.69 Å². The van der Waals surface area contributed by atoms with Crippen molar-refractivity contribution in [2.45, 2.75) is 6.92 Å². The van der Waals surface area contributed by atoms with Gasteiger partial charge in [-0.05, 0) is 6.07 Å². The number of methoxy groups -OCH3 is 3. The first-order chi connectivity index (χ1) is 17.1. The van der Waals surface area contributed by atoms with E-state index in [1.165, 1.54) is 20.1 Å². The Labute approximate surface area is 205 Å². The minimum atomic E-state index is -1.32. The van der Waals surface area contributed by atoms with E-state index in [-0.39, 0.29) is 11.4 Å². The van der Waals surface area contributed by atoms with E-state index < -0.39 is 38.6 Å². The third-order valence-electron chi connectivity index (χ3n) is 4.78. The van der Waals surface area contributed by atoms with E-state index in [4.69, 9.17) is 14.2 Å². The number of hydrogen-bond acceptors (Lipinski definition) is 11. The first-order valence-electron chi connectivity index (χ1n) is 10.4. The quantitative estimate of drug-likeness (QED) is 0.237. The number of ether oxygens (including phenoxy) is 3. The Morgan fingerprint density at radius 2 is 1.56 bits per heavy atom. The van der Waals surface area contributed by atoms with Gasteiger partial charge in [-0.1, -0.05) is 0 Å². The minimum Gasteiger partial charge on any atom is -0.494 e. The Bertz CT molecular complexity index is 1150. The smallest absolute Gasteiger partial charge is 0.311 e. The van der Waals surface area contributed by atoms with E-state index in [2.05, 4.69) is 15.5 Å². The number of carbonyl (C=O) groups excluding carboxylic acids is 1. The first kappa shape index (κ1) is 28.0. The number of nitro groups is 2. The summed E-state index contributed by atoms with van der Waals surface area (Å²) >= 11 is 0. The molecule has 2 rings (SSSR count). The maximum Gasteiger partial charge on any atom is 0.311 e. The molecule has 2 aromatic carbocycles. The fourth-order valence-corrected chi connectivity index (χ4v) is 3.11. The lowest BCUT2D eigenvalue weighted by Gasteiger charge is -2.27. The van der Waals surface area contributed by atoms with Crippen LogP contribution in [0.2, 0.25) is 0 Å². The SMILES string of the molecule is COCCN(CCOC)c1cc(NC(C)=O)c(N=Nc2cc(F)c([N+](=O)[O-])cc2[N+](=O)[O-])cc1OC. The van der Waals surface area contributed by atoms with Gasteiger partial charge in [-0.3, -0.25) is 25.0 Å². The van der Waals surface area contributed by atoms with Crippen molar-refractivity contribution < 1.29 is 33.2 Å². The summed E-state index contributed by atoms with van der Waals surface area (Å²) in [6.07, 6.45) is 0. The molecule has 2 aromatic rings. The van der Waals surface area contributed by atoms with Crippen LogP contribution >= 0.6 is 0 Å². The van der Waals surface area contributed by atoms with Crippen LogP contribution in [0.25, 0.3) is 0 Å². The van der Waals surface area contributed by atoms with Crippen LogP contribution in [0.4, 0.5) is 38.5 Å². The predicted octanol–water partition coefficient (Wildman–Crippen LogP) is 4.12. The predicted molar refractivity (Wildman–Crippen MR) is 127 cm³/mol. The molecule has 0 radical (unpaired) electrons. The van der Waals surface area contributed by atoms with E-state index >= 15 is 0 Å². The summed E-state index contributed by atoms with van der Waals surface area (Å²) in [5.74, 6) is -1.42. The van der Waals surface area contributed by atoms with Gasteiger partial charge in [0.2, 0.25) is 11.7 Å². The van der Waals surface area contributed by atoms with E-state index in [1.807, 2.05) is 4.90 Å². The molecule has 0 heterocycles. The molecule has 0 spiro atoms. The Morgan fingerprint density at radius 1 is 0.972 bits per heavy atom. The summed E-state index contributed by atoms with van der Waals surface area (Å²) in [6.45, 7) is 2.98. The molecule has 0 aliphatic carbocycles. The second-order valence-corrected chi connectivity index (χ2v) is 7.20. The molecule has 0 unspecified atom stereocenters. The van der Waals surface area contributed by atoms with Crippen molar-refractivity contribution in [3.8, 4) is 5.75 Å². The van der Waals surface area contributed by atoms with Gasteiger partial charge in [0, 0.05) is 46.4 Å². The third-order valence-corrected chi connectivity index (χ3v) is 4.78. The molecule has 0 aliphatic rings. The molecule has 14 nitrogen and oxygen atoms in total. The summed E-state index contributed by atoms with van der Waals surface area (Å²) in [4.78, 5) is 34.0. The second kappa shape index (κ2) is 13.0. The highest BCUT2D eigenvalue weighted by molar-refractivity contribution is 5.93. The number of nitrogens with zero attached hydrogens (tertiary/aromatic N) is 5. The first-order valence-corrected chi connectivity index (χ1v) is 10.4. The number of hydrogen-bond donors (Lipinski definition) is 1. The molecule has 0 atom stereocenters. The zero-order valence-electron chi connectivity index (χ0n) is 20.0. The van der Waals surface area contributed by atoms with Gasteiger partial charge in [-0.2, -0.15) is 4.39 Å². The summed E-state index contributed by atoms with van der Waals surface area (Å²) < 4.78 is 29.9. The Hall–Kier alpha value is -4.24. The van der Waals surface area contributed by atoms with Crippen molar-refractivity contribution in [1.82, 2.24) is 0 Å². The third kappa shape index (κ3) is 7.13. The lowest BCUT2D eigenvalue weighted by Crippen LogP contribution is -2.31. The topological polar surface area (TPSA) is 171 Å². The molecule has 0 saturated heterocycles. The van der Waals surface area contributed by atoms with Gasteiger partial charge in [0.05, 0.1) is 47.6 Å². The normalized spacial score (nSPS) is 10.9. The summed E-state index contributed by atoms with van der Waals surface area (Å²) in [6, 6.07) is 4.02. The van der Waals surface area contributed by atoms with Crippen LogP contribution in [0.3, 0.4) is 0 Å². The van der Waals surface area contributed by atoms with Crippen LogP contribution in [0, 0.1) is 26.0 Å². The molecule has 0 aliphatic heterocycles. The number of anilines is 2. The van der Waals surface area contributed by atoms with Crippen molar-refractivity contribution in [2.75, 3.05) is 57.8 Å². The van der Waals surface area contributed by atoms with Gasteiger partial charge in [-0.15, -0.1) is 10.2 Å². The van der Waals surface area contributed by atoms with E-state index in [1.54, 1.807) is 20.3 Å². The van der Waals surface area contributed by atoms with Gasteiger partial charge >= 0.3 is 11.4 Å². The minimum absolute atomic E-state index is 0.0392. The van der Waals surface area contributed by atoms with Crippen molar-refractivity contribution in [1.29, 1.82) is 0 Å². The Balaban J connectivity index is 2.62. The van der Waals surface area contributed by atoms with Crippen LogP contribution in [0.15, 0.2) is 34.5 Å². The highest BCUT2D eigenvalue weighted by Crippen LogP contribution is 2.41. The number of amides is 1. The van der Waals surface area contributed by atoms with Crippen LogP contribution in [-0.2, 0) is 14.3 Å². The fraction of sp³-hybridized carbons (Fsp3) is 0.381. The summed E-state index contributed by atoms with van der Waals surface area (Å²) in [5.41, 5.74) is -1.65. The average Bonchev–Trinajstić information content (AvgIpc) is 2.82. The highest BCUT2D eigenvalue weighted by Gasteiger charge is 2.25. The van der Waals surface area contributed by atoms with Gasteiger partial charge < -0.3 is 24.4 Å². The van der Waals surface area contributed by atoms with Gasteiger partial charge in [0.25, 0.3) is 0 Å². The Morgan fingerprint density at radius 3 is 2.06 bits per heavy atom. The zero-order valence-corrected chi connectivity index (χ0v) is 20.0. The molecule has 0 bridgehead atoms. The van der Waals surface area contributed by atoms with Crippen LogP contribution in [0.1, 0.15) is 6.92 Å². The second-order valence-electron chi connectivity index (χ2n) is 7.20. The van der Waals surface area contributed by atoms with Crippen molar-refractivity contribution in [2.24, 2.45) is 10.2 Å². The van der Waals surface area contributed by atoms with Crippen molar-refractivity contribution in [3.63, 3.8) is 0 Å². The maximum atomic E-state index is 14.1. The van der Waals surface area contributed by atoms with E-state index in [9.17, 15) is 29.4 Å². The fourth-order valence-electron chi connectivity index (χ4n) is 3.11. The number of azo groups is 1. The lowest BCUT2D eigenvalue weighted by atomic mass is 10.2. The zero-order chi connectivity index (χ0) is 26.8. The van der Waals surface area contributed by atoms with Crippen LogP contribution in [0.5, 0.6) is 5.75 Å². The molecular formula is C21H25FN6O8. The van der Waals surface area contributed by atoms with E-state index in [0.29, 0.717) is 49.9 Å². The number of benzene rings is 2. The molecule has 36 heavy (non-hydrogen) atoms. The number of nitrogens with one attached hydrogen (secondary N) is 1. The molecular weight excluding hydrogens is 483 g/mol. The van der Waals surface area contributed by atoms with Crippen LogP contribution in [-0.4, -0.2) is 63.4 Å². The van der Waals surface area contributed by atoms with Crippen molar-refractivity contribution in [3.05, 3.63) is 50.3 Å². The number of halogens is 1. The maximum absolute atomic E-state index is 14.1. The van der Waals surface area contributed by atoms with Crippen molar-refractivity contribution >= 4 is 40.0 Å². The summed E-state index contributed by atoms with van der Waals surface area (Å²) in [5, 5.41) is 32.6. The molecule has 15 heteroatoms.